The number of unbranched alkanes of at least 4 members (excludes halogenated alkanes) is 3. The molecule has 0 bridgehead atoms. The van der Waals surface area contributed by atoms with Crippen LogP contribution in [-0.2, 0) is 0 Å². The number of hydrogen-bond donors (Lipinski definition) is 2. The first kappa shape index (κ1) is 15.4. The second-order valence-electron chi connectivity index (χ2n) is 4.76. The molecule has 0 aromatic carbocycles. The van der Waals surface area contributed by atoms with Crippen LogP contribution in [-0.4, -0.2) is 29.0 Å². The largest absolute Gasteiger partial charge is 0.372 e. The topological polar surface area (TPSA) is 66.9 Å². The van der Waals surface area contributed by atoms with Gasteiger partial charge in [0.05, 0.1) is 12.4 Å². The first-order valence-electron chi connectivity index (χ1n) is 6.98. The fourth-order valence-electron chi connectivity index (χ4n) is 1.84. The second kappa shape index (κ2) is 8.45. The third kappa shape index (κ3) is 5.68. The molecule has 1 unspecified atom stereocenters. The minimum absolute atomic E-state index is 0.160. The Balaban J connectivity index is 2.40. The van der Waals surface area contributed by atoms with Gasteiger partial charge in [0.1, 0.15) is 11.5 Å². The first-order valence-corrected chi connectivity index (χ1v) is 6.98. The average Bonchev–Trinajstić information content (AvgIpc) is 2.43. The van der Waals surface area contributed by atoms with E-state index >= 15 is 0 Å². The number of nitrogens with one attached hydrogen (secondary N) is 2. The molecule has 106 valence electrons. The first-order chi connectivity index (χ1) is 9.17. The molecule has 0 aliphatic carbocycles. The summed E-state index contributed by atoms with van der Waals surface area (Å²) in [4.78, 5) is 20.1. The van der Waals surface area contributed by atoms with Crippen LogP contribution in [0, 0.1) is 0 Å². The maximum absolute atomic E-state index is 12.0. The minimum Gasteiger partial charge on any atom is -0.372 e. The highest BCUT2D eigenvalue weighted by Crippen LogP contribution is 2.06. The molecule has 0 fully saturated rings. The zero-order valence-corrected chi connectivity index (χ0v) is 12.1. The van der Waals surface area contributed by atoms with Gasteiger partial charge in [0, 0.05) is 13.1 Å². The Labute approximate surface area is 115 Å². The van der Waals surface area contributed by atoms with Gasteiger partial charge in [-0.05, 0) is 13.3 Å². The van der Waals surface area contributed by atoms with E-state index < -0.39 is 0 Å². The fraction of sp³-hybridized carbons (Fsp3) is 0.643. The molecule has 5 heteroatoms. The second-order valence-corrected chi connectivity index (χ2v) is 4.76. The van der Waals surface area contributed by atoms with Crippen molar-refractivity contribution in [3.63, 3.8) is 0 Å². The molecule has 0 spiro atoms. The Morgan fingerprint density at radius 1 is 1.32 bits per heavy atom. The molecule has 1 heterocycles. The Hall–Kier alpha value is -1.65. The van der Waals surface area contributed by atoms with Crippen LogP contribution in [0.3, 0.4) is 0 Å². The third-order valence-electron chi connectivity index (χ3n) is 2.99. The van der Waals surface area contributed by atoms with E-state index in [1.165, 1.54) is 25.5 Å². The van der Waals surface area contributed by atoms with Gasteiger partial charge in [-0.3, -0.25) is 9.78 Å². The molecule has 1 aromatic rings. The standard InChI is InChI=1S/C14H24N4O/c1-4-5-6-7-8-11(2)17-14(19)12-9-16-10-13(15-3)18-12/h9-11H,4-8H2,1-3H3,(H,15,18)(H,17,19). The van der Waals surface area contributed by atoms with Crippen molar-refractivity contribution in [2.75, 3.05) is 12.4 Å². The lowest BCUT2D eigenvalue weighted by molar-refractivity contribution is 0.0932. The number of nitrogens with zero attached hydrogens (tertiary/aromatic N) is 2. The summed E-state index contributed by atoms with van der Waals surface area (Å²) in [7, 11) is 1.75. The zero-order chi connectivity index (χ0) is 14.1. The van der Waals surface area contributed by atoms with Gasteiger partial charge in [-0.25, -0.2) is 4.98 Å². The molecule has 0 aliphatic rings. The number of aromatic nitrogens is 2. The summed E-state index contributed by atoms with van der Waals surface area (Å²) < 4.78 is 0. The van der Waals surface area contributed by atoms with E-state index in [4.69, 9.17) is 0 Å². The summed E-state index contributed by atoms with van der Waals surface area (Å²) in [6.07, 6.45) is 8.95. The Kier molecular flexibility index (Phi) is 6.85. The highest BCUT2D eigenvalue weighted by atomic mass is 16.1. The minimum atomic E-state index is -0.160. The summed E-state index contributed by atoms with van der Waals surface area (Å²) in [5.41, 5.74) is 0.354. The summed E-state index contributed by atoms with van der Waals surface area (Å²) >= 11 is 0. The summed E-state index contributed by atoms with van der Waals surface area (Å²) in [5.74, 6) is 0.441. The molecule has 1 rings (SSSR count). The van der Waals surface area contributed by atoms with Crippen LogP contribution in [0.25, 0.3) is 0 Å². The van der Waals surface area contributed by atoms with E-state index in [1.807, 2.05) is 6.92 Å². The predicted octanol–water partition coefficient (Wildman–Crippen LogP) is 2.61. The summed E-state index contributed by atoms with van der Waals surface area (Å²) in [6, 6.07) is 0.171. The van der Waals surface area contributed by atoms with Crippen LogP contribution >= 0.6 is 0 Å². The lowest BCUT2D eigenvalue weighted by Crippen LogP contribution is -2.33. The smallest absolute Gasteiger partial charge is 0.271 e. The molecule has 0 radical (unpaired) electrons. The Bertz CT molecular complexity index is 395. The van der Waals surface area contributed by atoms with E-state index in [1.54, 1.807) is 13.2 Å². The van der Waals surface area contributed by atoms with Gasteiger partial charge in [0.25, 0.3) is 5.91 Å². The van der Waals surface area contributed by atoms with Crippen molar-refractivity contribution >= 4 is 11.7 Å². The number of hydrogen-bond acceptors (Lipinski definition) is 4. The van der Waals surface area contributed by atoms with E-state index in [-0.39, 0.29) is 11.9 Å². The monoisotopic (exact) mass is 264 g/mol. The van der Waals surface area contributed by atoms with Crippen molar-refractivity contribution in [1.82, 2.24) is 15.3 Å². The number of amides is 1. The Morgan fingerprint density at radius 3 is 2.79 bits per heavy atom. The van der Waals surface area contributed by atoms with Gasteiger partial charge in [-0.15, -0.1) is 0 Å². The highest BCUT2D eigenvalue weighted by molar-refractivity contribution is 5.92. The molecule has 1 aromatic heterocycles. The van der Waals surface area contributed by atoms with Crippen LogP contribution in [0.1, 0.15) is 56.4 Å². The molecule has 19 heavy (non-hydrogen) atoms. The highest BCUT2D eigenvalue weighted by Gasteiger charge is 2.11. The van der Waals surface area contributed by atoms with Crippen molar-refractivity contribution in [2.45, 2.75) is 52.0 Å². The van der Waals surface area contributed by atoms with Crippen LogP contribution < -0.4 is 10.6 Å². The maximum atomic E-state index is 12.0. The van der Waals surface area contributed by atoms with Gasteiger partial charge in [0.15, 0.2) is 0 Å². The molecule has 0 saturated heterocycles. The average molecular weight is 264 g/mol. The van der Waals surface area contributed by atoms with Crippen LogP contribution in [0.5, 0.6) is 0 Å². The van der Waals surface area contributed by atoms with Gasteiger partial charge in [0.2, 0.25) is 0 Å². The van der Waals surface area contributed by atoms with Crippen LogP contribution in [0.2, 0.25) is 0 Å². The third-order valence-corrected chi connectivity index (χ3v) is 2.99. The predicted molar refractivity (Wildman–Crippen MR) is 77.3 cm³/mol. The van der Waals surface area contributed by atoms with Crippen LogP contribution in [0.15, 0.2) is 12.4 Å². The van der Waals surface area contributed by atoms with Crippen molar-refractivity contribution in [2.24, 2.45) is 0 Å². The molecular weight excluding hydrogens is 240 g/mol. The van der Waals surface area contributed by atoms with Crippen molar-refractivity contribution in [3.05, 3.63) is 18.1 Å². The fourth-order valence-corrected chi connectivity index (χ4v) is 1.84. The quantitative estimate of drug-likeness (QED) is 0.708. The SMILES string of the molecule is CCCCCCC(C)NC(=O)c1cncc(NC)n1. The van der Waals surface area contributed by atoms with Gasteiger partial charge in [-0.2, -0.15) is 0 Å². The van der Waals surface area contributed by atoms with E-state index in [9.17, 15) is 4.79 Å². The zero-order valence-electron chi connectivity index (χ0n) is 12.1. The van der Waals surface area contributed by atoms with E-state index in [0.717, 1.165) is 12.8 Å². The molecular formula is C14H24N4O. The van der Waals surface area contributed by atoms with E-state index in [0.29, 0.717) is 11.5 Å². The lowest BCUT2D eigenvalue weighted by atomic mass is 10.1. The maximum Gasteiger partial charge on any atom is 0.271 e. The molecule has 1 atom stereocenters. The number of carbonyl (C=O) groups is 1. The van der Waals surface area contributed by atoms with E-state index in [2.05, 4.69) is 27.5 Å². The summed E-state index contributed by atoms with van der Waals surface area (Å²) in [5, 5.41) is 5.83. The Morgan fingerprint density at radius 2 is 2.11 bits per heavy atom. The number of carbonyl (C=O) groups excluding carboxylic acids is 1. The lowest BCUT2D eigenvalue weighted by Gasteiger charge is -2.13. The van der Waals surface area contributed by atoms with Gasteiger partial charge >= 0.3 is 0 Å². The number of rotatable bonds is 8. The van der Waals surface area contributed by atoms with Crippen molar-refractivity contribution in [3.8, 4) is 0 Å². The van der Waals surface area contributed by atoms with Crippen molar-refractivity contribution in [1.29, 1.82) is 0 Å². The molecule has 1 amide bonds. The van der Waals surface area contributed by atoms with Crippen LogP contribution in [0.4, 0.5) is 5.82 Å². The number of anilines is 1. The molecule has 0 aliphatic heterocycles. The van der Waals surface area contributed by atoms with Crippen molar-refractivity contribution < 1.29 is 4.79 Å². The van der Waals surface area contributed by atoms with Gasteiger partial charge in [-0.1, -0.05) is 32.6 Å². The molecule has 0 saturated carbocycles. The van der Waals surface area contributed by atoms with Gasteiger partial charge < -0.3 is 10.6 Å². The normalized spacial score (nSPS) is 11.9. The molecule has 2 N–H and O–H groups in total. The molecule has 5 nitrogen and oxygen atoms in total. The summed E-state index contributed by atoms with van der Waals surface area (Å²) in [6.45, 7) is 4.22.